The van der Waals surface area contributed by atoms with Gasteiger partial charge in [0.15, 0.2) is 5.78 Å². The van der Waals surface area contributed by atoms with Crippen LogP contribution in [-0.4, -0.2) is 43.7 Å². The molecule has 0 saturated heterocycles. The molecular weight excluding hydrogens is 432 g/mol. The summed E-state index contributed by atoms with van der Waals surface area (Å²) in [5.41, 5.74) is 4.50. The van der Waals surface area contributed by atoms with Crippen LogP contribution in [0.25, 0.3) is 0 Å². The molecule has 178 valence electrons. The molecule has 0 radical (unpaired) electrons. The first-order valence-corrected chi connectivity index (χ1v) is 11.6. The third-order valence-electron chi connectivity index (χ3n) is 6.32. The van der Waals surface area contributed by atoms with E-state index >= 15 is 0 Å². The number of hydrogen-bond acceptors (Lipinski definition) is 7. The summed E-state index contributed by atoms with van der Waals surface area (Å²) in [5, 5.41) is 3.36. The van der Waals surface area contributed by atoms with Gasteiger partial charge in [-0.05, 0) is 55.5 Å². The Bertz CT molecular complexity index is 1110. The van der Waals surface area contributed by atoms with Crippen molar-refractivity contribution in [2.45, 2.75) is 38.5 Å². The summed E-state index contributed by atoms with van der Waals surface area (Å²) in [6.07, 6.45) is 4.44. The van der Waals surface area contributed by atoms with E-state index in [1.54, 1.807) is 19.5 Å². The first-order chi connectivity index (χ1) is 16.5. The maximum absolute atomic E-state index is 13.6. The van der Waals surface area contributed by atoms with Crippen molar-refractivity contribution in [2.24, 2.45) is 0 Å². The first kappa shape index (κ1) is 23.7. The molecule has 0 unspecified atom stereocenters. The minimum absolute atomic E-state index is 0.0236. The minimum atomic E-state index is -0.520. The third kappa shape index (κ3) is 4.89. The Morgan fingerprint density at radius 1 is 1.12 bits per heavy atom. The van der Waals surface area contributed by atoms with E-state index in [9.17, 15) is 9.59 Å². The van der Waals surface area contributed by atoms with Crippen LogP contribution in [0.3, 0.4) is 0 Å². The fourth-order valence-electron chi connectivity index (χ4n) is 4.72. The van der Waals surface area contributed by atoms with Crippen molar-refractivity contribution in [3.63, 3.8) is 0 Å². The van der Waals surface area contributed by atoms with Crippen LogP contribution in [0.1, 0.15) is 49.7 Å². The number of aromatic nitrogens is 1. The monoisotopic (exact) mass is 462 g/mol. The largest absolute Gasteiger partial charge is 0.497 e. The molecule has 1 aliphatic heterocycles. The average molecular weight is 463 g/mol. The van der Waals surface area contributed by atoms with Crippen molar-refractivity contribution >= 4 is 11.8 Å². The molecule has 0 fully saturated rings. The Hall–Kier alpha value is -3.45. The van der Waals surface area contributed by atoms with Crippen LogP contribution in [0.2, 0.25) is 0 Å². The smallest absolute Gasteiger partial charge is 0.336 e. The van der Waals surface area contributed by atoms with Crippen LogP contribution in [-0.2, 0) is 19.1 Å². The van der Waals surface area contributed by atoms with E-state index in [2.05, 4.69) is 10.3 Å². The summed E-state index contributed by atoms with van der Waals surface area (Å²) in [6, 6.07) is 11.6. The van der Waals surface area contributed by atoms with Gasteiger partial charge in [-0.25, -0.2) is 4.79 Å². The number of methoxy groups -OCH3 is 1. The molecule has 1 N–H and O–H groups in total. The molecule has 0 bridgehead atoms. The normalized spacial score (nSPS) is 20.0. The first-order valence-electron chi connectivity index (χ1n) is 11.6. The lowest BCUT2D eigenvalue weighted by atomic mass is 9.72. The van der Waals surface area contributed by atoms with E-state index < -0.39 is 11.9 Å². The Morgan fingerprint density at radius 2 is 1.91 bits per heavy atom. The van der Waals surface area contributed by atoms with Gasteiger partial charge in [-0.1, -0.05) is 18.2 Å². The van der Waals surface area contributed by atoms with Gasteiger partial charge in [0.1, 0.15) is 12.4 Å². The molecule has 1 aliphatic carbocycles. The number of rotatable bonds is 8. The topological polar surface area (TPSA) is 86.8 Å². The number of benzene rings is 1. The maximum Gasteiger partial charge on any atom is 0.336 e. The van der Waals surface area contributed by atoms with Gasteiger partial charge < -0.3 is 19.5 Å². The molecule has 2 atom stereocenters. The molecule has 2 heterocycles. The maximum atomic E-state index is 13.6. The second kappa shape index (κ2) is 10.7. The van der Waals surface area contributed by atoms with Crippen LogP contribution in [0.5, 0.6) is 5.75 Å². The lowest BCUT2D eigenvalue weighted by Crippen LogP contribution is -2.36. The molecule has 0 amide bonds. The zero-order chi connectivity index (χ0) is 24.1. The molecule has 7 nitrogen and oxygen atoms in total. The Labute approximate surface area is 199 Å². The Balaban J connectivity index is 1.67. The van der Waals surface area contributed by atoms with Crippen LogP contribution < -0.4 is 10.1 Å². The van der Waals surface area contributed by atoms with E-state index in [4.69, 9.17) is 14.2 Å². The number of allylic oxidation sites excluding steroid dienone is 3. The molecule has 7 heteroatoms. The van der Waals surface area contributed by atoms with Gasteiger partial charge >= 0.3 is 5.97 Å². The second-order valence-corrected chi connectivity index (χ2v) is 8.41. The minimum Gasteiger partial charge on any atom is -0.497 e. The zero-order valence-corrected chi connectivity index (χ0v) is 19.8. The molecule has 0 spiro atoms. The van der Waals surface area contributed by atoms with Crippen LogP contribution in [0.15, 0.2) is 71.3 Å². The summed E-state index contributed by atoms with van der Waals surface area (Å²) in [5.74, 6) is -0.115. The number of esters is 1. The Morgan fingerprint density at radius 3 is 2.59 bits per heavy atom. The number of carbonyl (C=O) groups is 2. The number of ether oxygens (including phenoxy) is 3. The highest BCUT2D eigenvalue weighted by Crippen LogP contribution is 2.45. The average Bonchev–Trinajstić information content (AvgIpc) is 2.86. The van der Waals surface area contributed by atoms with Gasteiger partial charge in [0.05, 0.1) is 19.3 Å². The van der Waals surface area contributed by atoms with Gasteiger partial charge in [-0.3, -0.25) is 9.78 Å². The van der Waals surface area contributed by atoms with Crippen molar-refractivity contribution in [2.75, 3.05) is 26.9 Å². The van der Waals surface area contributed by atoms with Crippen LogP contribution in [0.4, 0.5) is 0 Å². The summed E-state index contributed by atoms with van der Waals surface area (Å²) in [4.78, 5) is 30.9. The molecular formula is C27H30N2O5. The molecule has 34 heavy (non-hydrogen) atoms. The van der Waals surface area contributed by atoms with E-state index in [0.29, 0.717) is 42.9 Å². The lowest BCUT2D eigenvalue weighted by molar-refractivity contribution is -0.140. The number of hydrogen-bond donors (Lipinski definition) is 1. The van der Waals surface area contributed by atoms with Gasteiger partial charge in [0.2, 0.25) is 0 Å². The van der Waals surface area contributed by atoms with Gasteiger partial charge in [-0.2, -0.15) is 0 Å². The van der Waals surface area contributed by atoms with Crippen LogP contribution in [0, 0.1) is 0 Å². The highest BCUT2D eigenvalue weighted by atomic mass is 16.6. The van der Waals surface area contributed by atoms with E-state index in [1.807, 2.05) is 50.2 Å². The second-order valence-electron chi connectivity index (χ2n) is 8.41. The molecule has 2 aliphatic rings. The van der Waals surface area contributed by atoms with Gasteiger partial charge in [-0.15, -0.1) is 0 Å². The number of carbonyl (C=O) groups excluding carboxylic acids is 2. The fraction of sp³-hybridized carbons (Fsp3) is 0.370. The number of Topliss-reactive ketones (excluding diaryl/α,β-unsaturated/α-hetero) is 1. The SMILES string of the molecule is CCOCCOC(=O)C1=C(C)NC2=C(C(=O)C[C@H](c3ccc(OC)cc3)C2)[C@H]1c1cccnc1. The van der Waals surface area contributed by atoms with Crippen LogP contribution >= 0.6 is 0 Å². The van der Waals surface area contributed by atoms with Gasteiger partial charge in [0.25, 0.3) is 0 Å². The van der Waals surface area contributed by atoms with Gasteiger partial charge in [0, 0.05) is 48.3 Å². The predicted octanol–water partition coefficient (Wildman–Crippen LogP) is 4.03. The standard InChI is InChI=1S/C27H30N2O5/c1-4-33-12-13-34-27(31)24-17(2)29-22-14-20(18-7-9-21(32-3)10-8-18)15-23(30)26(22)25(24)19-6-5-11-28-16-19/h5-11,16,20,25,29H,4,12-15H2,1-3H3/t20-,25+/m1/s1. The number of nitrogens with zero attached hydrogens (tertiary/aromatic N) is 1. The number of ketones is 1. The summed E-state index contributed by atoms with van der Waals surface area (Å²) in [6.45, 7) is 4.78. The van der Waals surface area contributed by atoms with Crippen molar-refractivity contribution in [1.29, 1.82) is 0 Å². The fourth-order valence-corrected chi connectivity index (χ4v) is 4.72. The van der Waals surface area contributed by atoms with Crippen molar-refractivity contribution < 1.29 is 23.8 Å². The highest BCUT2D eigenvalue weighted by molar-refractivity contribution is 6.04. The third-order valence-corrected chi connectivity index (χ3v) is 6.32. The summed E-state index contributed by atoms with van der Waals surface area (Å²) < 4.78 is 16.1. The van der Waals surface area contributed by atoms with Crippen molar-refractivity contribution in [1.82, 2.24) is 10.3 Å². The summed E-state index contributed by atoms with van der Waals surface area (Å²) in [7, 11) is 1.63. The molecule has 4 rings (SSSR count). The number of dihydropyridines is 1. The Kier molecular flexibility index (Phi) is 7.43. The number of nitrogens with one attached hydrogen (secondary N) is 1. The van der Waals surface area contributed by atoms with Crippen molar-refractivity contribution in [3.8, 4) is 5.75 Å². The van der Waals surface area contributed by atoms with E-state index in [1.165, 1.54) is 0 Å². The molecule has 2 aromatic rings. The van der Waals surface area contributed by atoms with E-state index in [0.717, 1.165) is 22.6 Å². The molecule has 1 aromatic carbocycles. The van der Waals surface area contributed by atoms with E-state index in [-0.39, 0.29) is 18.3 Å². The highest BCUT2D eigenvalue weighted by Gasteiger charge is 2.41. The summed E-state index contributed by atoms with van der Waals surface area (Å²) >= 11 is 0. The lowest BCUT2D eigenvalue weighted by Gasteiger charge is -2.36. The quantitative estimate of drug-likeness (QED) is 0.468. The zero-order valence-electron chi connectivity index (χ0n) is 19.8. The molecule has 0 saturated carbocycles. The molecule has 1 aromatic heterocycles. The van der Waals surface area contributed by atoms with Crippen molar-refractivity contribution in [3.05, 3.63) is 82.5 Å². The number of pyridine rings is 1. The predicted molar refractivity (Wildman–Crippen MR) is 127 cm³/mol.